The van der Waals surface area contributed by atoms with Crippen LogP contribution in [-0.2, 0) is 19.0 Å². The summed E-state index contributed by atoms with van der Waals surface area (Å²) in [6, 6.07) is 6.94. The Kier molecular flexibility index (Phi) is 6.33. The van der Waals surface area contributed by atoms with Gasteiger partial charge in [-0.1, -0.05) is 6.07 Å². The van der Waals surface area contributed by atoms with E-state index in [-0.39, 0.29) is 11.7 Å². The van der Waals surface area contributed by atoms with Gasteiger partial charge in [-0.05, 0) is 61.6 Å². The highest BCUT2D eigenvalue weighted by Crippen LogP contribution is 2.44. The number of carbonyl (C=O) groups is 2. The molecule has 0 saturated carbocycles. The van der Waals surface area contributed by atoms with Crippen molar-refractivity contribution < 1.29 is 23.8 Å². The molecule has 0 bridgehead atoms. The van der Waals surface area contributed by atoms with Crippen LogP contribution < -0.4 is 16.0 Å². The summed E-state index contributed by atoms with van der Waals surface area (Å²) >= 11 is 2.17. The first-order chi connectivity index (χ1) is 16.8. The molecule has 4 heterocycles. The smallest absolute Gasteiger partial charge is 0.324 e. The van der Waals surface area contributed by atoms with Crippen LogP contribution in [0.15, 0.2) is 36.9 Å². The average Bonchev–Trinajstić information content (AvgIpc) is 3.45. The Labute approximate surface area is 214 Å². The largest absolute Gasteiger partial charge is 0.354 e. The van der Waals surface area contributed by atoms with Crippen LogP contribution in [-0.4, -0.2) is 62.1 Å². The number of urea groups is 1. The predicted molar refractivity (Wildman–Crippen MR) is 134 cm³/mol. The van der Waals surface area contributed by atoms with E-state index in [1.54, 1.807) is 24.5 Å². The maximum absolute atomic E-state index is 12.6. The minimum absolute atomic E-state index is 0.232. The summed E-state index contributed by atoms with van der Waals surface area (Å²) < 4.78 is 20.8. The third-order valence-electron chi connectivity index (χ3n) is 5.59. The lowest BCUT2D eigenvalue weighted by atomic mass is 10.1. The Morgan fingerprint density at radius 2 is 1.94 bits per heavy atom. The van der Waals surface area contributed by atoms with E-state index in [0.29, 0.717) is 23.4 Å². The molecular formula is C22H24IN7O5. The Morgan fingerprint density at radius 3 is 2.71 bits per heavy atom. The fourth-order valence-corrected chi connectivity index (χ4v) is 4.80. The van der Waals surface area contributed by atoms with Crippen molar-refractivity contribution in [1.29, 1.82) is 0 Å². The number of amides is 3. The molecule has 12 nitrogen and oxygen atoms in total. The molecule has 0 unspecified atom stereocenters. The molecule has 3 amide bonds. The highest BCUT2D eigenvalue weighted by molar-refractivity contribution is 14.1. The number of benzene rings is 1. The first kappa shape index (κ1) is 23.8. The number of halogens is 1. The molecule has 2 aliphatic heterocycles. The fourth-order valence-electron chi connectivity index (χ4n) is 4.25. The van der Waals surface area contributed by atoms with E-state index in [4.69, 9.17) is 14.2 Å². The Balaban J connectivity index is 1.41. The number of rotatable bonds is 5. The first-order valence-electron chi connectivity index (χ1n) is 11.1. The molecule has 35 heavy (non-hydrogen) atoms. The number of aromatic nitrogens is 4. The van der Waals surface area contributed by atoms with E-state index >= 15 is 0 Å². The quantitative estimate of drug-likeness (QED) is 0.384. The molecule has 2 fully saturated rings. The lowest BCUT2D eigenvalue weighted by Gasteiger charge is -2.24. The molecule has 0 aliphatic carbocycles. The number of fused-ring (bicyclic) bond motifs is 2. The molecule has 0 radical (unpaired) electrons. The minimum atomic E-state index is -0.881. The van der Waals surface area contributed by atoms with Gasteiger partial charge in [0.25, 0.3) is 5.91 Å². The zero-order chi connectivity index (χ0) is 24.7. The van der Waals surface area contributed by atoms with Gasteiger partial charge in [0.15, 0.2) is 35.1 Å². The van der Waals surface area contributed by atoms with Crippen molar-refractivity contribution >= 4 is 57.2 Å². The van der Waals surface area contributed by atoms with Crippen LogP contribution in [0.25, 0.3) is 11.2 Å². The van der Waals surface area contributed by atoms with Gasteiger partial charge < -0.3 is 24.8 Å². The van der Waals surface area contributed by atoms with E-state index < -0.39 is 36.4 Å². The summed E-state index contributed by atoms with van der Waals surface area (Å²) in [4.78, 5) is 38.2. The van der Waals surface area contributed by atoms with Gasteiger partial charge in [-0.25, -0.2) is 19.7 Å². The third kappa shape index (κ3) is 4.68. The molecule has 4 atom stereocenters. The summed E-state index contributed by atoms with van der Waals surface area (Å²) in [5.74, 6) is -0.927. The Bertz CT molecular complexity index is 1280. The standard InChI is InChI=1S/C22H24IN7O5/c1-4-24-19(31)15-14-16(35-22(2,3)34-14)20(33-15)30-10-27-13-17(25-9-26-18(13)30)29-21(32)28-12-7-5-6-11(23)8-12/h5-10,14-16,20H,4H2,1-3H3,(H,24,31)(H2,25,26,28,29,32)/t14-,15+,16-,20-/m1/s1. The van der Waals surface area contributed by atoms with Gasteiger partial charge in [-0.2, -0.15) is 0 Å². The van der Waals surface area contributed by atoms with Gasteiger partial charge in [0.2, 0.25) is 0 Å². The molecule has 13 heteroatoms. The summed E-state index contributed by atoms with van der Waals surface area (Å²) in [6.07, 6.45) is 0.109. The van der Waals surface area contributed by atoms with Gasteiger partial charge in [0, 0.05) is 15.8 Å². The number of carbonyl (C=O) groups excluding carboxylic acids is 2. The van der Waals surface area contributed by atoms with Gasteiger partial charge in [-0.3, -0.25) is 14.7 Å². The molecule has 2 aliphatic rings. The van der Waals surface area contributed by atoms with E-state index in [9.17, 15) is 9.59 Å². The summed E-state index contributed by atoms with van der Waals surface area (Å²) in [5, 5.41) is 8.27. The molecule has 2 saturated heterocycles. The van der Waals surface area contributed by atoms with Gasteiger partial charge >= 0.3 is 6.03 Å². The van der Waals surface area contributed by atoms with Crippen LogP contribution in [0.5, 0.6) is 0 Å². The Hall–Kier alpha value is -2.88. The second-order valence-electron chi connectivity index (χ2n) is 8.54. The topological polar surface area (TPSA) is 142 Å². The molecule has 3 N–H and O–H groups in total. The van der Waals surface area contributed by atoms with Crippen LogP contribution >= 0.6 is 22.6 Å². The monoisotopic (exact) mass is 593 g/mol. The van der Waals surface area contributed by atoms with Crippen molar-refractivity contribution in [3.63, 3.8) is 0 Å². The van der Waals surface area contributed by atoms with Crippen molar-refractivity contribution in [1.82, 2.24) is 24.8 Å². The number of imidazole rings is 1. The maximum atomic E-state index is 12.6. The minimum Gasteiger partial charge on any atom is -0.354 e. The van der Waals surface area contributed by atoms with Crippen LogP contribution in [0, 0.1) is 3.57 Å². The molecular weight excluding hydrogens is 569 g/mol. The summed E-state index contributed by atoms with van der Waals surface area (Å²) in [6.45, 7) is 5.88. The van der Waals surface area contributed by atoms with Crippen LogP contribution in [0.4, 0.5) is 16.3 Å². The summed E-state index contributed by atoms with van der Waals surface area (Å²) in [5.41, 5.74) is 1.43. The molecule has 3 aromatic rings. The normalized spacial score (nSPS) is 24.8. The number of nitrogens with one attached hydrogen (secondary N) is 3. The van der Waals surface area contributed by atoms with E-state index in [1.165, 1.54) is 12.7 Å². The van der Waals surface area contributed by atoms with E-state index in [2.05, 4.69) is 53.5 Å². The zero-order valence-electron chi connectivity index (χ0n) is 19.2. The number of ether oxygens (including phenoxy) is 3. The molecule has 5 rings (SSSR count). The number of hydrogen-bond donors (Lipinski definition) is 3. The third-order valence-corrected chi connectivity index (χ3v) is 6.26. The Morgan fingerprint density at radius 1 is 1.14 bits per heavy atom. The zero-order valence-corrected chi connectivity index (χ0v) is 21.3. The highest BCUT2D eigenvalue weighted by atomic mass is 127. The molecule has 0 spiro atoms. The van der Waals surface area contributed by atoms with Crippen LogP contribution in [0.1, 0.15) is 27.0 Å². The second kappa shape index (κ2) is 9.29. The molecule has 184 valence electrons. The number of anilines is 2. The second-order valence-corrected chi connectivity index (χ2v) is 9.79. The summed E-state index contributed by atoms with van der Waals surface area (Å²) in [7, 11) is 0. The van der Waals surface area contributed by atoms with Crippen LogP contribution in [0.2, 0.25) is 0 Å². The average molecular weight is 593 g/mol. The number of hydrogen-bond acceptors (Lipinski definition) is 8. The molecule has 2 aromatic heterocycles. The van der Waals surface area contributed by atoms with E-state index in [1.807, 2.05) is 25.1 Å². The van der Waals surface area contributed by atoms with Crippen molar-refractivity contribution in [2.75, 3.05) is 17.2 Å². The maximum Gasteiger partial charge on any atom is 0.324 e. The fraction of sp³-hybridized carbons (Fsp3) is 0.409. The van der Waals surface area contributed by atoms with Gasteiger partial charge in [-0.15, -0.1) is 0 Å². The van der Waals surface area contributed by atoms with E-state index in [0.717, 1.165) is 3.57 Å². The van der Waals surface area contributed by atoms with Gasteiger partial charge in [0.1, 0.15) is 18.5 Å². The predicted octanol–water partition coefficient (Wildman–Crippen LogP) is 2.63. The highest BCUT2D eigenvalue weighted by Gasteiger charge is 2.58. The lowest BCUT2D eigenvalue weighted by molar-refractivity contribution is -0.197. The number of nitrogens with zero attached hydrogens (tertiary/aromatic N) is 4. The van der Waals surface area contributed by atoms with Crippen molar-refractivity contribution in [2.24, 2.45) is 0 Å². The SMILES string of the molecule is CCNC(=O)[C@H]1O[C@@H](n2cnc3c(NC(=O)Nc4cccc(I)c4)ncnc32)[C@@H]2OC(C)(C)O[C@@H]21. The number of likely N-dealkylation sites (N-methyl/N-ethyl adjacent to an activating group) is 1. The van der Waals surface area contributed by atoms with Crippen molar-refractivity contribution in [2.45, 2.75) is 51.1 Å². The van der Waals surface area contributed by atoms with Crippen molar-refractivity contribution in [3.8, 4) is 0 Å². The van der Waals surface area contributed by atoms with Crippen molar-refractivity contribution in [3.05, 3.63) is 40.5 Å². The van der Waals surface area contributed by atoms with Gasteiger partial charge in [0.05, 0.1) is 6.33 Å². The van der Waals surface area contributed by atoms with Crippen LogP contribution in [0.3, 0.4) is 0 Å². The lowest BCUT2D eigenvalue weighted by Crippen LogP contribution is -2.42. The molecule has 1 aromatic carbocycles. The first-order valence-corrected chi connectivity index (χ1v) is 12.1.